The highest BCUT2D eigenvalue weighted by Gasteiger charge is 2.52. The number of ether oxygens (including phenoxy) is 3. The first kappa shape index (κ1) is 10.4. The van der Waals surface area contributed by atoms with Gasteiger partial charge in [0.05, 0.1) is 13.2 Å². The van der Waals surface area contributed by atoms with Gasteiger partial charge in [0.25, 0.3) is 0 Å². The molecule has 2 fully saturated rings. The third-order valence-electron chi connectivity index (χ3n) is 3.45. The first-order valence-electron chi connectivity index (χ1n) is 5.97. The Morgan fingerprint density at radius 3 is 2.62 bits per heavy atom. The van der Waals surface area contributed by atoms with E-state index in [2.05, 4.69) is 0 Å². The fourth-order valence-electron chi connectivity index (χ4n) is 2.58. The predicted molar refractivity (Wildman–Crippen MR) is 55.7 cm³/mol. The van der Waals surface area contributed by atoms with Gasteiger partial charge in [-0.25, -0.2) is 0 Å². The van der Waals surface area contributed by atoms with Crippen molar-refractivity contribution in [2.75, 3.05) is 13.2 Å². The number of hydrogen-bond donors (Lipinski definition) is 0. The van der Waals surface area contributed by atoms with E-state index < -0.39 is 11.6 Å². The van der Waals surface area contributed by atoms with Crippen LogP contribution in [0.15, 0.2) is 12.2 Å². The molecule has 3 aliphatic rings. The summed E-state index contributed by atoms with van der Waals surface area (Å²) in [5.41, 5.74) is 0. The summed E-state index contributed by atoms with van der Waals surface area (Å²) in [4.78, 5) is 11.9. The summed E-state index contributed by atoms with van der Waals surface area (Å²) in [6.45, 7) is 1.28. The van der Waals surface area contributed by atoms with Crippen molar-refractivity contribution in [3.63, 3.8) is 0 Å². The monoisotopic (exact) mass is 224 g/mol. The molecule has 3 aliphatic heterocycles. The summed E-state index contributed by atoms with van der Waals surface area (Å²) in [6, 6.07) is 0. The zero-order valence-electron chi connectivity index (χ0n) is 9.24. The SMILES string of the molecule is O=C1C=C[C@]2(CCCCO2)O[C@@]12CCCO2. The number of rotatable bonds is 0. The van der Waals surface area contributed by atoms with Crippen LogP contribution in [0.1, 0.15) is 32.1 Å². The maximum absolute atomic E-state index is 11.9. The average molecular weight is 224 g/mol. The van der Waals surface area contributed by atoms with Gasteiger partial charge < -0.3 is 14.2 Å². The lowest BCUT2D eigenvalue weighted by molar-refractivity contribution is -0.326. The van der Waals surface area contributed by atoms with E-state index in [1.807, 2.05) is 0 Å². The summed E-state index contributed by atoms with van der Waals surface area (Å²) >= 11 is 0. The van der Waals surface area contributed by atoms with Crippen molar-refractivity contribution < 1.29 is 19.0 Å². The topological polar surface area (TPSA) is 44.8 Å². The molecule has 16 heavy (non-hydrogen) atoms. The van der Waals surface area contributed by atoms with Gasteiger partial charge in [-0.05, 0) is 31.4 Å². The lowest BCUT2D eigenvalue weighted by Crippen LogP contribution is -2.53. The van der Waals surface area contributed by atoms with E-state index >= 15 is 0 Å². The van der Waals surface area contributed by atoms with E-state index in [4.69, 9.17) is 14.2 Å². The van der Waals surface area contributed by atoms with E-state index in [1.165, 1.54) is 0 Å². The average Bonchev–Trinajstić information content (AvgIpc) is 2.75. The summed E-state index contributed by atoms with van der Waals surface area (Å²) in [5.74, 6) is -1.84. The van der Waals surface area contributed by atoms with Crippen LogP contribution >= 0.6 is 0 Å². The van der Waals surface area contributed by atoms with Gasteiger partial charge in [0.2, 0.25) is 11.6 Å². The molecule has 0 aromatic rings. The summed E-state index contributed by atoms with van der Waals surface area (Å²) in [6.07, 6.45) is 7.76. The quantitative estimate of drug-likeness (QED) is 0.626. The molecular formula is C12H16O4. The Morgan fingerprint density at radius 2 is 1.94 bits per heavy atom. The lowest BCUT2D eigenvalue weighted by Gasteiger charge is -2.43. The van der Waals surface area contributed by atoms with Crippen LogP contribution in [0.25, 0.3) is 0 Å². The molecule has 0 aliphatic carbocycles. The number of ketones is 1. The highest BCUT2D eigenvalue weighted by atomic mass is 16.8. The van der Waals surface area contributed by atoms with Gasteiger partial charge in [-0.15, -0.1) is 0 Å². The minimum absolute atomic E-state index is 0.0789. The highest BCUT2D eigenvalue weighted by molar-refractivity contribution is 5.97. The molecule has 0 aromatic carbocycles. The predicted octanol–water partition coefficient (Wildman–Crippen LogP) is 1.55. The van der Waals surface area contributed by atoms with Crippen molar-refractivity contribution in [2.45, 2.75) is 43.7 Å². The second kappa shape index (κ2) is 3.65. The number of carbonyl (C=O) groups is 1. The number of hydrogen-bond acceptors (Lipinski definition) is 4. The van der Waals surface area contributed by atoms with Gasteiger partial charge in [0.15, 0.2) is 5.79 Å². The maximum atomic E-state index is 11.9. The van der Waals surface area contributed by atoms with Crippen molar-refractivity contribution in [2.24, 2.45) is 0 Å². The van der Waals surface area contributed by atoms with Crippen molar-refractivity contribution in [3.05, 3.63) is 12.2 Å². The molecule has 2 atom stereocenters. The largest absolute Gasteiger partial charge is 0.346 e. The van der Waals surface area contributed by atoms with E-state index in [9.17, 15) is 4.79 Å². The smallest absolute Gasteiger partial charge is 0.235 e. The molecule has 4 heteroatoms. The molecule has 0 N–H and O–H groups in total. The Bertz CT molecular complexity index is 322. The minimum atomic E-state index is -1.05. The van der Waals surface area contributed by atoms with E-state index in [-0.39, 0.29) is 5.78 Å². The van der Waals surface area contributed by atoms with Gasteiger partial charge in [0, 0.05) is 12.8 Å². The molecule has 0 radical (unpaired) electrons. The zero-order valence-corrected chi connectivity index (χ0v) is 9.24. The van der Waals surface area contributed by atoms with Crippen LogP contribution in [0.4, 0.5) is 0 Å². The van der Waals surface area contributed by atoms with Gasteiger partial charge >= 0.3 is 0 Å². The van der Waals surface area contributed by atoms with Crippen LogP contribution in [-0.2, 0) is 19.0 Å². The molecule has 4 nitrogen and oxygen atoms in total. The summed E-state index contributed by atoms with van der Waals surface area (Å²) in [5, 5.41) is 0. The van der Waals surface area contributed by atoms with Crippen molar-refractivity contribution in [1.29, 1.82) is 0 Å². The van der Waals surface area contributed by atoms with Crippen LogP contribution in [-0.4, -0.2) is 30.6 Å². The van der Waals surface area contributed by atoms with Gasteiger partial charge in [-0.2, -0.15) is 0 Å². The molecule has 3 heterocycles. The Hall–Kier alpha value is -0.710. The first-order chi connectivity index (χ1) is 7.75. The molecule has 0 aromatic heterocycles. The Kier molecular flexibility index (Phi) is 2.38. The Balaban J connectivity index is 1.88. The maximum Gasteiger partial charge on any atom is 0.235 e. The second-order valence-electron chi connectivity index (χ2n) is 4.62. The molecule has 0 amide bonds. The van der Waals surface area contributed by atoms with Gasteiger partial charge in [0.1, 0.15) is 0 Å². The summed E-state index contributed by atoms with van der Waals surface area (Å²) in [7, 11) is 0. The minimum Gasteiger partial charge on any atom is -0.346 e. The van der Waals surface area contributed by atoms with Crippen molar-refractivity contribution >= 4 is 5.78 Å². The molecule has 0 bridgehead atoms. The van der Waals surface area contributed by atoms with E-state index in [0.29, 0.717) is 19.6 Å². The van der Waals surface area contributed by atoms with Crippen LogP contribution in [0, 0.1) is 0 Å². The Labute approximate surface area is 94.5 Å². The molecule has 0 saturated carbocycles. The van der Waals surface area contributed by atoms with Crippen LogP contribution in [0.5, 0.6) is 0 Å². The van der Waals surface area contributed by atoms with Gasteiger partial charge in [-0.3, -0.25) is 4.79 Å². The fourth-order valence-corrected chi connectivity index (χ4v) is 2.58. The molecule has 2 spiro atoms. The zero-order chi connectivity index (χ0) is 11.1. The molecule has 2 saturated heterocycles. The standard InChI is InChI=1S/C12H16O4/c13-10-4-7-11(5-1-2-8-14-11)16-12(10)6-3-9-15-12/h4,7H,1-3,5-6,8-9H2/t11-,12-/m0/s1. The Morgan fingerprint density at radius 1 is 1.06 bits per heavy atom. The van der Waals surface area contributed by atoms with Crippen LogP contribution < -0.4 is 0 Å². The molecule has 88 valence electrons. The fraction of sp³-hybridized carbons (Fsp3) is 0.750. The highest BCUT2D eigenvalue weighted by Crippen LogP contribution is 2.41. The number of carbonyl (C=O) groups excluding carboxylic acids is 1. The van der Waals surface area contributed by atoms with Crippen LogP contribution in [0.3, 0.4) is 0 Å². The normalized spacial score (nSPS) is 43.4. The lowest BCUT2D eigenvalue weighted by atomic mass is 9.97. The third kappa shape index (κ3) is 1.52. The first-order valence-corrected chi connectivity index (χ1v) is 5.97. The summed E-state index contributed by atoms with van der Waals surface area (Å²) < 4.78 is 17.1. The van der Waals surface area contributed by atoms with Crippen molar-refractivity contribution in [3.8, 4) is 0 Å². The van der Waals surface area contributed by atoms with Gasteiger partial charge in [-0.1, -0.05) is 0 Å². The second-order valence-corrected chi connectivity index (χ2v) is 4.62. The molecule has 0 unspecified atom stereocenters. The third-order valence-corrected chi connectivity index (χ3v) is 3.45. The van der Waals surface area contributed by atoms with E-state index in [0.717, 1.165) is 25.7 Å². The molecule has 3 rings (SSSR count). The molecular weight excluding hydrogens is 208 g/mol. The van der Waals surface area contributed by atoms with Crippen LogP contribution in [0.2, 0.25) is 0 Å². The van der Waals surface area contributed by atoms with E-state index in [1.54, 1.807) is 12.2 Å². The van der Waals surface area contributed by atoms with Crippen molar-refractivity contribution in [1.82, 2.24) is 0 Å².